The van der Waals surface area contributed by atoms with Crippen LogP contribution >= 0.6 is 11.8 Å². The predicted octanol–water partition coefficient (Wildman–Crippen LogP) is 0.368. The molecule has 0 aromatic carbocycles. The summed E-state index contributed by atoms with van der Waals surface area (Å²) in [6, 6.07) is -2.13. The van der Waals surface area contributed by atoms with Crippen LogP contribution in [0.25, 0.3) is 0 Å². The minimum atomic E-state index is -1.34. The van der Waals surface area contributed by atoms with Crippen LogP contribution in [0.2, 0.25) is 0 Å². The van der Waals surface area contributed by atoms with Gasteiger partial charge in [0.05, 0.1) is 12.5 Å². The topological polar surface area (TPSA) is 119 Å². The molecular formula is C13H24N2O5S. The average molecular weight is 320 g/mol. The third-order valence-corrected chi connectivity index (χ3v) is 3.02. The second kappa shape index (κ2) is 8.89. The molecule has 0 fully saturated rings. The molecule has 122 valence electrons. The van der Waals surface area contributed by atoms with E-state index in [1.807, 2.05) is 6.26 Å². The Balaban J connectivity index is 4.53. The zero-order valence-electron chi connectivity index (χ0n) is 12.8. The summed E-state index contributed by atoms with van der Waals surface area (Å²) in [5.74, 6) is -1.88. The van der Waals surface area contributed by atoms with Gasteiger partial charge in [-0.2, -0.15) is 11.8 Å². The summed E-state index contributed by atoms with van der Waals surface area (Å²) in [7, 11) is 0. The van der Waals surface area contributed by atoms with E-state index in [1.165, 1.54) is 11.8 Å². The van der Waals surface area contributed by atoms with Crippen LogP contribution in [0.3, 0.4) is 0 Å². The molecule has 7 nitrogen and oxygen atoms in total. The second-order valence-corrected chi connectivity index (χ2v) is 6.56. The number of carbonyl (C=O) groups excluding carboxylic acids is 2. The third-order valence-electron chi connectivity index (χ3n) is 2.38. The van der Waals surface area contributed by atoms with Crippen LogP contribution < -0.4 is 11.1 Å². The number of hydrogen-bond acceptors (Lipinski definition) is 6. The molecule has 0 spiro atoms. The van der Waals surface area contributed by atoms with Crippen molar-refractivity contribution in [3.63, 3.8) is 0 Å². The van der Waals surface area contributed by atoms with Gasteiger partial charge in [-0.25, -0.2) is 4.79 Å². The van der Waals surface area contributed by atoms with Crippen molar-refractivity contribution in [2.24, 2.45) is 5.73 Å². The highest BCUT2D eigenvalue weighted by Crippen LogP contribution is 2.09. The zero-order chi connectivity index (χ0) is 16.6. The average Bonchev–Trinajstić information content (AvgIpc) is 2.32. The molecule has 0 aliphatic heterocycles. The number of aliphatic carboxylic acids is 1. The first-order chi connectivity index (χ1) is 9.56. The lowest BCUT2D eigenvalue weighted by Crippen LogP contribution is -2.49. The van der Waals surface area contributed by atoms with E-state index in [4.69, 9.17) is 15.6 Å². The van der Waals surface area contributed by atoms with E-state index in [0.29, 0.717) is 12.2 Å². The number of nitrogens with two attached hydrogens (primary N) is 1. The SMILES string of the molecule is CSCC[C@@H](N)C(=O)N[C@@H](CC(=O)OC(C)(C)C)C(=O)O. The maximum atomic E-state index is 11.8. The van der Waals surface area contributed by atoms with E-state index in [1.54, 1.807) is 20.8 Å². The summed E-state index contributed by atoms with van der Waals surface area (Å²) in [4.78, 5) is 34.5. The van der Waals surface area contributed by atoms with Gasteiger partial charge in [0, 0.05) is 0 Å². The highest BCUT2D eigenvalue weighted by Gasteiger charge is 2.28. The Morgan fingerprint density at radius 3 is 2.33 bits per heavy atom. The summed E-state index contributed by atoms with van der Waals surface area (Å²) < 4.78 is 5.04. The van der Waals surface area contributed by atoms with E-state index in [-0.39, 0.29) is 0 Å². The van der Waals surface area contributed by atoms with Crippen LogP contribution in [0, 0.1) is 0 Å². The van der Waals surface area contributed by atoms with E-state index in [0.717, 1.165) is 0 Å². The van der Waals surface area contributed by atoms with Gasteiger partial charge in [-0.1, -0.05) is 0 Å². The van der Waals surface area contributed by atoms with Crippen molar-refractivity contribution >= 4 is 29.6 Å². The van der Waals surface area contributed by atoms with Gasteiger partial charge < -0.3 is 20.9 Å². The van der Waals surface area contributed by atoms with Gasteiger partial charge in [0.2, 0.25) is 5.91 Å². The molecule has 2 atom stereocenters. The highest BCUT2D eigenvalue weighted by atomic mass is 32.2. The van der Waals surface area contributed by atoms with Gasteiger partial charge in [-0.3, -0.25) is 9.59 Å². The molecule has 0 radical (unpaired) electrons. The molecule has 4 N–H and O–H groups in total. The number of carboxylic acid groups (broad SMARTS) is 1. The predicted molar refractivity (Wildman–Crippen MR) is 81.0 cm³/mol. The first-order valence-electron chi connectivity index (χ1n) is 6.56. The molecule has 0 rings (SSSR count). The van der Waals surface area contributed by atoms with Crippen LogP contribution in [0.1, 0.15) is 33.6 Å². The lowest BCUT2D eigenvalue weighted by atomic mass is 10.1. The summed E-state index contributed by atoms with van der Waals surface area (Å²) in [5, 5.41) is 11.3. The zero-order valence-corrected chi connectivity index (χ0v) is 13.7. The largest absolute Gasteiger partial charge is 0.480 e. The normalized spacial score (nSPS) is 14.1. The van der Waals surface area contributed by atoms with Crippen molar-refractivity contribution in [2.45, 2.75) is 51.3 Å². The molecule has 0 saturated carbocycles. The number of ether oxygens (including phenoxy) is 1. The Morgan fingerprint density at radius 1 is 1.33 bits per heavy atom. The fraction of sp³-hybridized carbons (Fsp3) is 0.769. The molecule has 1 amide bonds. The molecular weight excluding hydrogens is 296 g/mol. The fourth-order valence-electron chi connectivity index (χ4n) is 1.40. The maximum Gasteiger partial charge on any atom is 0.326 e. The van der Waals surface area contributed by atoms with Crippen LogP contribution in [-0.4, -0.2) is 52.6 Å². The summed E-state index contributed by atoms with van der Waals surface area (Å²) >= 11 is 1.54. The van der Waals surface area contributed by atoms with Gasteiger partial charge in [-0.05, 0) is 39.2 Å². The number of carboxylic acids is 1. The lowest BCUT2D eigenvalue weighted by molar-refractivity contribution is -0.158. The minimum Gasteiger partial charge on any atom is -0.480 e. The molecule has 0 aromatic rings. The fourth-order valence-corrected chi connectivity index (χ4v) is 1.89. The molecule has 0 saturated heterocycles. The van der Waals surface area contributed by atoms with Gasteiger partial charge in [0.25, 0.3) is 0 Å². The standard InChI is InChI=1S/C13H24N2O5S/c1-13(2,3)20-10(16)7-9(12(18)19)15-11(17)8(14)5-6-21-4/h8-9H,5-7,14H2,1-4H3,(H,15,17)(H,18,19)/t8-,9+/m1/s1. The first kappa shape index (κ1) is 19.7. The molecule has 0 heterocycles. The molecule has 0 aliphatic carbocycles. The van der Waals surface area contributed by atoms with Crippen molar-refractivity contribution in [3.05, 3.63) is 0 Å². The van der Waals surface area contributed by atoms with Crippen molar-refractivity contribution in [2.75, 3.05) is 12.0 Å². The maximum absolute atomic E-state index is 11.8. The van der Waals surface area contributed by atoms with Gasteiger partial charge >= 0.3 is 11.9 Å². The van der Waals surface area contributed by atoms with Crippen molar-refractivity contribution in [1.29, 1.82) is 0 Å². The van der Waals surface area contributed by atoms with Crippen molar-refractivity contribution < 1.29 is 24.2 Å². The van der Waals surface area contributed by atoms with E-state index < -0.39 is 42.0 Å². The second-order valence-electron chi connectivity index (χ2n) is 5.58. The molecule has 0 unspecified atom stereocenters. The van der Waals surface area contributed by atoms with Crippen LogP contribution in [-0.2, 0) is 19.1 Å². The molecule has 8 heteroatoms. The van der Waals surface area contributed by atoms with Gasteiger partial charge in [0.15, 0.2) is 0 Å². The number of amides is 1. The van der Waals surface area contributed by atoms with Crippen LogP contribution in [0.5, 0.6) is 0 Å². The summed E-state index contributed by atoms with van der Waals surface area (Å²) in [6.45, 7) is 5.03. The minimum absolute atomic E-state index is 0.436. The number of carbonyl (C=O) groups is 3. The number of hydrogen-bond donors (Lipinski definition) is 3. The Kier molecular flexibility index (Phi) is 8.34. The van der Waals surface area contributed by atoms with Crippen LogP contribution in [0.15, 0.2) is 0 Å². The van der Waals surface area contributed by atoms with Gasteiger partial charge in [0.1, 0.15) is 11.6 Å². The summed E-state index contributed by atoms with van der Waals surface area (Å²) in [6.07, 6.45) is 1.88. The monoisotopic (exact) mass is 320 g/mol. The Hall–Kier alpha value is -1.28. The molecule has 0 bridgehead atoms. The number of esters is 1. The number of rotatable bonds is 8. The quantitative estimate of drug-likeness (QED) is 0.553. The third kappa shape index (κ3) is 9.30. The Labute approximate surface area is 129 Å². The molecule has 0 aromatic heterocycles. The Bertz CT molecular complexity index is 381. The van der Waals surface area contributed by atoms with E-state index >= 15 is 0 Å². The van der Waals surface area contributed by atoms with Gasteiger partial charge in [-0.15, -0.1) is 0 Å². The smallest absolute Gasteiger partial charge is 0.326 e. The highest BCUT2D eigenvalue weighted by molar-refractivity contribution is 7.98. The number of thioether (sulfide) groups is 1. The lowest BCUT2D eigenvalue weighted by Gasteiger charge is -2.22. The van der Waals surface area contributed by atoms with Crippen LogP contribution in [0.4, 0.5) is 0 Å². The van der Waals surface area contributed by atoms with E-state index in [9.17, 15) is 14.4 Å². The Morgan fingerprint density at radius 2 is 1.90 bits per heavy atom. The van der Waals surface area contributed by atoms with E-state index in [2.05, 4.69) is 5.32 Å². The van der Waals surface area contributed by atoms with Crippen molar-refractivity contribution in [1.82, 2.24) is 5.32 Å². The van der Waals surface area contributed by atoms with Crippen molar-refractivity contribution in [3.8, 4) is 0 Å². The summed E-state index contributed by atoms with van der Waals surface area (Å²) in [5.41, 5.74) is 4.94. The molecule has 0 aliphatic rings. The first-order valence-corrected chi connectivity index (χ1v) is 7.95. The molecule has 21 heavy (non-hydrogen) atoms. The number of nitrogens with one attached hydrogen (secondary N) is 1.